The van der Waals surface area contributed by atoms with E-state index >= 15 is 0 Å². The second-order valence-electron chi connectivity index (χ2n) is 7.17. The average Bonchev–Trinajstić information content (AvgIpc) is 2.67. The first-order chi connectivity index (χ1) is 12.9. The Hall–Kier alpha value is -1.76. The Bertz CT molecular complexity index is 576. The van der Waals surface area contributed by atoms with Crippen LogP contribution in [-0.2, 0) is 6.42 Å². The predicted molar refractivity (Wildman–Crippen MR) is 111 cm³/mol. The molecule has 0 aromatic heterocycles. The summed E-state index contributed by atoms with van der Waals surface area (Å²) in [5, 5.41) is 0. The van der Waals surface area contributed by atoms with E-state index in [4.69, 9.17) is 4.74 Å². The van der Waals surface area contributed by atoms with Gasteiger partial charge in [0.1, 0.15) is 11.5 Å². The molecule has 0 aliphatic heterocycles. The van der Waals surface area contributed by atoms with Gasteiger partial charge in [0.05, 0.1) is 0 Å². The minimum atomic E-state index is 0.857. The number of hydrogen-bond acceptors (Lipinski definition) is 1. The van der Waals surface area contributed by atoms with Crippen molar-refractivity contribution in [3.8, 4) is 11.5 Å². The monoisotopic (exact) mass is 350 g/mol. The zero-order chi connectivity index (χ0) is 18.3. The highest BCUT2D eigenvalue weighted by atomic mass is 16.5. The second-order valence-corrected chi connectivity index (χ2v) is 7.17. The topological polar surface area (TPSA) is 9.23 Å². The van der Waals surface area contributed by atoms with Crippen LogP contribution in [0.1, 0.15) is 83.1 Å². The van der Waals surface area contributed by atoms with Gasteiger partial charge in [-0.3, -0.25) is 0 Å². The van der Waals surface area contributed by atoms with E-state index in [1.165, 1.54) is 76.2 Å². The van der Waals surface area contributed by atoms with Crippen molar-refractivity contribution in [3.63, 3.8) is 0 Å². The maximum atomic E-state index is 5.89. The van der Waals surface area contributed by atoms with Crippen molar-refractivity contribution < 1.29 is 4.74 Å². The molecule has 0 aliphatic carbocycles. The molecule has 0 N–H and O–H groups in total. The fourth-order valence-corrected chi connectivity index (χ4v) is 3.26. The largest absolute Gasteiger partial charge is 0.457 e. The lowest BCUT2D eigenvalue weighted by atomic mass is 10.0. The number of rotatable bonds is 14. The van der Waals surface area contributed by atoms with Crippen LogP contribution in [0.25, 0.3) is 0 Å². The molecule has 0 saturated heterocycles. The Balaban J connectivity index is 1.54. The molecule has 140 valence electrons. The van der Waals surface area contributed by atoms with E-state index in [-0.39, 0.29) is 0 Å². The van der Waals surface area contributed by atoms with Gasteiger partial charge in [0, 0.05) is 0 Å². The SMILES string of the molecule is CCCCCCCCCCCCCc1[c]ccc(Oc2cc[c]cc2)c1. The van der Waals surface area contributed by atoms with Crippen LogP contribution >= 0.6 is 0 Å². The van der Waals surface area contributed by atoms with E-state index in [0.717, 1.165) is 17.9 Å². The molecule has 0 heterocycles. The van der Waals surface area contributed by atoms with Crippen LogP contribution in [-0.4, -0.2) is 0 Å². The summed E-state index contributed by atoms with van der Waals surface area (Å²) in [7, 11) is 0. The minimum absolute atomic E-state index is 0.857. The predicted octanol–water partition coefficient (Wildman–Crippen LogP) is 7.93. The highest BCUT2D eigenvalue weighted by molar-refractivity contribution is 5.33. The highest BCUT2D eigenvalue weighted by Crippen LogP contribution is 2.22. The number of ether oxygens (including phenoxy) is 1. The van der Waals surface area contributed by atoms with Gasteiger partial charge in [-0.2, -0.15) is 0 Å². The van der Waals surface area contributed by atoms with Crippen molar-refractivity contribution in [1.82, 2.24) is 0 Å². The first-order valence-corrected chi connectivity index (χ1v) is 10.5. The fourth-order valence-electron chi connectivity index (χ4n) is 3.26. The minimum Gasteiger partial charge on any atom is -0.457 e. The van der Waals surface area contributed by atoms with Crippen molar-refractivity contribution in [2.24, 2.45) is 0 Å². The Morgan fingerprint density at radius 3 is 1.92 bits per heavy atom. The first kappa shape index (κ1) is 20.6. The van der Waals surface area contributed by atoms with Gasteiger partial charge in [-0.05, 0) is 54.8 Å². The molecule has 1 nitrogen and oxygen atoms in total. The van der Waals surface area contributed by atoms with Gasteiger partial charge >= 0.3 is 0 Å². The van der Waals surface area contributed by atoms with Crippen molar-refractivity contribution >= 4 is 0 Å². The molecule has 0 unspecified atom stereocenters. The van der Waals surface area contributed by atoms with Gasteiger partial charge < -0.3 is 4.74 Å². The summed E-state index contributed by atoms with van der Waals surface area (Å²) in [5.74, 6) is 1.75. The Labute approximate surface area is 160 Å². The van der Waals surface area contributed by atoms with Crippen LogP contribution in [0.15, 0.2) is 42.5 Å². The van der Waals surface area contributed by atoms with Crippen LogP contribution < -0.4 is 4.74 Å². The van der Waals surface area contributed by atoms with Crippen LogP contribution in [0.2, 0.25) is 0 Å². The van der Waals surface area contributed by atoms with Crippen molar-refractivity contribution in [3.05, 3.63) is 60.2 Å². The molecule has 2 radical (unpaired) electrons. The van der Waals surface area contributed by atoms with E-state index in [9.17, 15) is 0 Å². The second kappa shape index (κ2) is 13.4. The van der Waals surface area contributed by atoms with Crippen molar-refractivity contribution in [1.29, 1.82) is 0 Å². The Morgan fingerprint density at radius 1 is 0.692 bits per heavy atom. The van der Waals surface area contributed by atoms with E-state index in [2.05, 4.69) is 25.1 Å². The summed E-state index contributed by atoms with van der Waals surface area (Å²) in [4.78, 5) is 0. The van der Waals surface area contributed by atoms with Gasteiger partial charge in [0.2, 0.25) is 0 Å². The average molecular weight is 351 g/mol. The van der Waals surface area contributed by atoms with E-state index in [1.807, 2.05) is 36.4 Å². The van der Waals surface area contributed by atoms with Gasteiger partial charge in [0.15, 0.2) is 0 Å². The summed E-state index contributed by atoms with van der Waals surface area (Å²) >= 11 is 0. The lowest BCUT2D eigenvalue weighted by molar-refractivity contribution is 0.481. The summed E-state index contributed by atoms with van der Waals surface area (Å²) in [6.45, 7) is 2.28. The molecule has 0 amide bonds. The quantitative estimate of drug-likeness (QED) is 0.314. The van der Waals surface area contributed by atoms with Crippen molar-refractivity contribution in [2.45, 2.75) is 84.0 Å². The number of hydrogen-bond donors (Lipinski definition) is 0. The number of unbranched alkanes of at least 4 members (excludes halogenated alkanes) is 10. The zero-order valence-corrected chi connectivity index (χ0v) is 16.4. The Kier molecular flexibility index (Phi) is 10.6. The van der Waals surface area contributed by atoms with E-state index in [1.54, 1.807) is 0 Å². The summed E-state index contributed by atoms with van der Waals surface area (Å²) in [6.07, 6.45) is 16.3. The van der Waals surface area contributed by atoms with Gasteiger partial charge in [0.25, 0.3) is 0 Å². The molecular formula is C25H34O. The van der Waals surface area contributed by atoms with Gasteiger partial charge in [-0.15, -0.1) is 0 Å². The summed E-state index contributed by atoms with van der Waals surface area (Å²) < 4.78 is 5.89. The van der Waals surface area contributed by atoms with Crippen LogP contribution in [0.3, 0.4) is 0 Å². The number of aryl methyl sites for hydroxylation is 1. The van der Waals surface area contributed by atoms with Crippen molar-refractivity contribution in [2.75, 3.05) is 0 Å². The van der Waals surface area contributed by atoms with E-state index < -0.39 is 0 Å². The standard InChI is InChI=1S/C25H34O/c1-2-3-4-5-6-7-8-9-10-11-13-17-23-18-16-21-25(22-23)26-24-19-14-12-15-20-24/h14-16,19-22H,2-11,13,17H2,1H3. The van der Waals surface area contributed by atoms with Gasteiger partial charge in [-0.25, -0.2) is 0 Å². The van der Waals surface area contributed by atoms with Crippen LogP contribution in [0.4, 0.5) is 0 Å². The molecule has 0 fully saturated rings. The highest BCUT2D eigenvalue weighted by Gasteiger charge is 2.00. The molecule has 0 bridgehead atoms. The fraction of sp³-hybridized carbons (Fsp3) is 0.520. The molecule has 2 aromatic rings. The van der Waals surface area contributed by atoms with Gasteiger partial charge in [-0.1, -0.05) is 89.3 Å². The molecule has 2 aromatic carbocycles. The number of benzene rings is 2. The maximum Gasteiger partial charge on any atom is 0.127 e. The lowest BCUT2D eigenvalue weighted by Gasteiger charge is -2.07. The third-order valence-corrected chi connectivity index (χ3v) is 4.81. The van der Waals surface area contributed by atoms with E-state index in [0.29, 0.717) is 0 Å². The summed E-state index contributed by atoms with van der Waals surface area (Å²) in [5.41, 5.74) is 1.25. The zero-order valence-electron chi connectivity index (χ0n) is 16.4. The molecule has 1 heteroatoms. The molecule has 0 atom stereocenters. The molecule has 26 heavy (non-hydrogen) atoms. The molecular weight excluding hydrogens is 316 g/mol. The molecule has 2 rings (SSSR count). The van der Waals surface area contributed by atoms with Crippen LogP contribution in [0, 0.1) is 12.1 Å². The first-order valence-electron chi connectivity index (χ1n) is 10.5. The molecule has 0 aliphatic rings. The lowest BCUT2D eigenvalue weighted by Crippen LogP contribution is -1.89. The third-order valence-electron chi connectivity index (χ3n) is 4.81. The Morgan fingerprint density at radius 2 is 1.27 bits per heavy atom. The maximum absolute atomic E-state index is 5.89. The normalized spacial score (nSPS) is 10.8. The summed E-state index contributed by atoms with van der Waals surface area (Å²) in [6, 6.07) is 20.0. The molecule has 0 saturated carbocycles. The third kappa shape index (κ3) is 9.08. The smallest absolute Gasteiger partial charge is 0.127 e. The van der Waals surface area contributed by atoms with Crippen LogP contribution in [0.5, 0.6) is 11.5 Å². The molecule has 0 spiro atoms.